The first-order chi connectivity index (χ1) is 11.4. The van der Waals surface area contributed by atoms with Crippen LogP contribution in [0.3, 0.4) is 0 Å². The highest BCUT2D eigenvalue weighted by Crippen LogP contribution is 2.23. The van der Waals surface area contributed by atoms with Gasteiger partial charge in [-0.3, -0.25) is 4.79 Å². The van der Waals surface area contributed by atoms with Gasteiger partial charge in [0.1, 0.15) is 11.5 Å². The molecule has 0 aromatic heterocycles. The molecule has 0 fully saturated rings. The minimum absolute atomic E-state index is 0.0337. The van der Waals surface area contributed by atoms with Crippen molar-refractivity contribution in [1.82, 2.24) is 5.43 Å². The number of hydrazone groups is 1. The Morgan fingerprint density at radius 1 is 1.21 bits per heavy atom. The van der Waals surface area contributed by atoms with E-state index in [1.165, 1.54) is 18.2 Å². The number of amides is 1. The number of alkyl halides is 2. The third-order valence-corrected chi connectivity index (χ3v) is 3.21. The van der Waals surface area contributed by atoms with Crippen LogP contribution in [-0.4, -0.2) is 23.3 Å². The number of ether oxygens (including phenoxy) is 1. The predicted molar refractivity (Wildman–Crippen MR) is 85.6 cm³/mol. The van der Waals surface area contributed by atoms with Gasteiger partial charge in [-0.05, 0) is 38.1 Å². The Kier molecular flexibility index (Phi) is 5.47. The van der Waals surface area contributed by atoms with E-state index in [-0.39, 0.29) is 22.8 Å². The molecule has 2 N–H and O–H groups in total. The monoisotopic (exact) mass is 334 g/mol. The van der Waals surface area contributed by atoms with Gasteiger partial charge in [0.15, 0.2) is 0 Å². The zero-order chi connectivity index (χ0) is 17.7. The molecule has 5 nitrogen and oxygen atoms in total. The number of aryl methyl sites for hydroxylation is 1. The lowest BCUT2D eigenvalue weighted by molar-refractivity contribution is -0.0499. The Morgan fingerprint density at radius 2 is 1.92 bits per heavy atom. The zero-order valence-corrected chi connectivity index (χ0v) is 13.1. The Labute approximate surface area is 137 Å². The molecule has 24 heavy (non-hydrogen) atoms. The van der Waals surface area contributed by atoms with Crippen LogP contribution in [0.15, 0.2) is 47.6 Å². The Bertz CT molecular complexity index is 776. The fourth-order valence-corrected chi connectivity index (χ4v) is 2.05. The Morgan fingerprint density at radius 3 is 2.58 bits per heavy atom. The van der Waals surface area contributed by atoms with E-state index in [9.17, 15) is 18.7 Å². The van der Waals surface area contributed by atoms with Crippen LogP contribution >= 0.6 is 0 Å². The van der Waals surface area contributed by atoms with E-state index >= 15 is 0 Å². The lowest BCUT2D eigenvalue weighted by atomic mass is 10.1. The summed E-state index contributed by atoms with van der Waals surface area (Å²) in [4.78, 5) is 12.0. The van der Waals surface area contributed by atoms with Crippen molar-refractivity contribution in [2.24, 2.45) is 5.10 Å². The van der Waals surface area contributed by atoms with Crippen molar-refractivity contribution >= 4 is 11.6 Å². The smallest absolute Gasteiger partial charge is 0.387 e. The summed E-state index contributed by atoms with van der Waals surface area (Å²) < 4.78 is 29.4. The average Bonchev–Trinajstić information content (AvgIpc) is 2.54. The number of carbonyl (C=O) groups excluding carboxylic acids is 1. The third-order valence-electron chi connectivity index (χ3n) is 3.21. The van der Waals surface area contributed by atoms with Gasteiger partial charge in [0.2, 0.25) is 0 Å². The number of carbonyl (C=O) groups is 1. The maximum Gasteiger partial charge on any atom is 0.387 e. The zero-order valence-electron chi connectivity index (χ0n) is 13.1. The minimum atomic E-state index is -2.96. The number of hydrogen-bond acceptors (Lipinski definition) is 4. The number of nitrogens with one attached hydrogen (secondary N) is 1. The summed E-state index contributed by atoms with van der Waals surface area (Å²) in [6.07, 6.45) is 0. The maximum atomic E-state index is 12.5. The normalized spacial score (nSPS) is 11.5. The summed E-state index contributed by atoms with van der Waals surface area (Å²) in [7, 11) is 0. The van der Waals surface area contributed by atoms with E-state index in [0.29, 0.717) is 5.56 Å². The first kappa shape index (κ1) is 17.4. The third kappa shape index (κ3) is 4.28. The topological polar surface area (TPSA) is 70.9 Å². The second-order valence-electron chi connectivity index (χ2n) is 5.03. The summed E-state index contributed by atoms with van der Waals surface area (Å²) in [6, 6.07) is 10.7. The Balaban J connectivity index is 2.23. The van der Waals surface area contributed by atoms with Crippen LogP contribution in [0.4, 0.5) is 8.78 Å². The van der Waals surface area contributed by atoms with Gasteiger partial charge >= 0.3 is 6.61 Å². The van der Waals surface area contributed by atoms with Crippen LogP contribution in [0.25, 0.3) is 0 Å². The number of phenolic OH excluding ortho intramolecular Hbond substituents is 1. The number of aromatic hydroxyl groups is 1. The van der Waals surface area contributed by atoms with E-state index in [1.807, 2.05) is 0 Å². The van der Waals surface area contributed by atoms with Crippen LogP contribution in [0.2, 0.25) is 0 Å². The maximum absolute atomic E-state index is 12.5. The van der Waals surface area contributed by atoms with E-state index in [0.717, 1.165) is 5.56 Å². The van der Waals surface area contributed by atoms with Crippen LogP contribution in [0, 0.1) is 6.92 Å². The molecule has 126 valence electrons. The molecule has 2 aromatic carbocycles. The fourth-order valence-electron chi connectivity index (χ4n) is 2.05. The predicted octanol–water partition coefficient (Wildman–Crippen LogP) is 3.46. The van der Waals surface area contributed by atoms with Crippen molar-refractivity contribution in [1.29, 1.82) is 0 Å². The Hall–Kier alpha value is -2.96. The molecule has 0 atom stereocenters. The first-order valence-electron chi connectivity index (χ1n) is 7.07. The molecular formula is C17H16F2N2O3. The molecular weight excluding hydrogens is 318 g/mol. The molecule has 0 bridgehead atoms. The van der Waals surface area contributed by atoms with E-state index < -0.39 is 12.5 Å². The molecule has 0 saturated carbocycles. The van der Waals surface area contributed by atoms with Crippen LogP contribution in [0.1, 0.15) is 28.4 Å². The number of benzene rings is 2. The van der Waals surface area contributed by atoms with Crippen LogP contribution < -0.4 is 10.2 Å². The molecule has 0 spiro atoms. The molecule has 0 aliphatic heterocycles. The molecule has 2 aromatic rings. The standard InChI is InChI=1S/C17H16F2N2O3/c1-10-7-8-15(24-17(18)19)13(9-10)11(2)20-21-16(23)12-5-3-4-6-14(12)22/h3-9,17,22H,1-2H3,(H,21,23)/b20-11-. The van der Waals surface area contributed by atoms with Crippen molar-refractivity contribution in [2.45, 2.75) is 20.5 Å². The SMILES string of the molecule is C/C(=N/NC(=O)c1ccccc1O)c1cc(C)ccc1OC(F)F. The lowest BCUT2D eigenvalue weighted by Gasteiger charge is -2.11. The van der Waals surface area contributed by atoms with Gasteiger partial charge in [-0.15, -0.1) is 0 Å². The number of nitrogens with zero attached hydrogens (tertiary/aromatic N) is 1. The van der Waals surface area contributed by atoms with Gasteiger partial charge in [-0.1, -0.05) is 23.8 Å². The molecule has 1 amide bonds. The summed E-state index contributed by atoms with van der Waals surface area (Å²) in [6.45, 7) is 0.386. The van der Waals surface area contributed by atoms with Gasteiger partial charge in [-0.2, -0.15) is 13.9 Å². The highest BCUT2D eigenvalue weighted by molar-refractivity contribution is 6.03. The largest absolute Gasteiger partial charge is 0.507 e. The number of hydrogen-bond donors (Lipinski definition) is 2. The molecule has 0 unspecified atom stereocenters. The summed E-state index contributed by atoms with van der Waals surface area (Å²) in [5.74, 6) is -0.829. The van der Waals surface area contributed by atoms with E-state index in [4.69, 9.17) is 0 Å². The van der Waals surface area contributed by atoms with Gasteiger partial charge in [0, 0.05) is 5.56 Å². The van der Waals surface area contributed by atoms with Crippen LogP contribution in [0.5, 0.6) is 11.5 Å². The lowest BCUT2D eigenvalue weighted by Crippen LogP contribution is -2.19. The molecule has 2 rings (SSSR count). The van der Waals surface area contributed by atoms with Crippen molar-refractivity contribution in [3.8, 4) is 11.5 Å². The molecule has 0 radical (unpaired) electrons. The van der Waals surface area contributed by atoms with Gasteiger partial charge < -0.3 is 9.84 Å². The second kappa shape index (κ2) is 7.54. The average molecular weight is 334 g/mol. The summed E-state index contributed by atoms with van der Waals surface area (Å²) >= 11 is 0. The molecule has 0 aliphatic carbocycles. The molecule has 0 heterocycles. The fraction of sp³-hybridized carbons (Fsp3) is 0.176. The quantitative estimate of drug-likeness (QED) is 0.650. The van der Waals surface area contributed by atoms with Gasteiger partial charge in [-0.25, -0.2) is 5.43 Å². The highest BCUT2D eigenvalue weighted by Gasteiger charge is 2.13. The molecule has 0 aliphatic rings. The molecule has 7 heteroatoms. The van der Waals surface area contributed by atoms with Crippen molar-refractivity contribution in [3.63, 3.8) is 0 Å². The van der Waals surface area contributed by atoms with Crippen molar-refractivity contribution in [3.05, 3.63) is 59.2 Å². The van der Waals surface area contributed by atoms with Crippen LogP contribution in [-0.2, 0) is 0 Å². The number of phenols is 1. The minimum Gasteiger partial charge on any atom is -0.507 e. The second-order valence-corrected chi connectivity index (χ2v) is 5.03. The number of halogens is 2. The van der Waals surface area contributed by atoms with E-state index in [1.54, 1.807) is 38.1 Å². The van der Waals surface area contributed by atoms with Crippen molar-refractivity contribution < 1.29 is 23.4 Å². The number of rotatable bonds is 5. The first-order valence-corrected chi connectivity index (χ1v) is 7.07. The van der Waals surface area contributed by atoms with E-state index in [2.05, 4.69) is 15.3 Å². The van der Waals surface area contributed by atoms with Gasteiger partial charge in [0.05, 0.1) is 11.3 Å². The van der Waals surface area contributed by atoms with Crippen molar-refractivity contribution in [2.75, 3.05) is 0 Å². The number of para-hydroxylation sites is 1. The summed E-state index contributed by atoms with van der Waals surface area (Å²) in [5, 5.41) is 13.5. The molecule has 0 saturated heterocycles. The summed E-state index contributed by atoms with van der Waals surface area (Å²) in [5.41, 5.74) is 3.80. The van der Waals surface area contributed by atoms with Gasteiger partial charge in [0.25, 0.3) is 5.91 Å². The highest BCUT2D eigenvalue weighted by atomic mass is 19.3.